The third-order valence-corrected chi connectivity index (χ3v) is 2.71. The molecule has 12 heavy (non-hydrogen) atoms. The van der Waals surface area contributed by atoms with E-state index in [4.69, 9.17) is 5.11 Å². The lowest BCUT2D eigenvalue weighted by Crippen LogP contribution is -2.33. The molecule has 1 aliphatic heterocycles. The highest BCUT2D eigenvalue weighted by atomic mass is 16.2. The van der Waals surface area contributed by atoms with Crippen LogP contribution in [0.15, 0.2) is 0 Å². The Morgan fingerprint density at radius 2 is 2.08 bits per heavy atom. The van der Waals surface area contributed by atoms with Crippen LogP contribution >= 0.6 is 0 Å². The molecule has 0 aromatic rings. The summed E-state index contributed by atoms with van der Waals surface area (Å²) < 4.78 is 0. The van der Waals surface area contributed by atoms with Gasteiger partial charge in [-0.1, -0.05) is 6.92 Å². The normalized spacial score (nSPS) is 21.5. The lowest BCUT2D eigenvalue weighted by atomic mass is 9.92. The van der Waals surface area contributed by atoms with Crippen LogP contribution in [0.3, 0.4) is 0 Å². The molecule has 0 saturated carbocycles. The molecule has 0 amide bonds. The zero-order valence-electron chi connectivity index (χ0n) is 8.00. The summed E-state index contributed by atoms with van der Waals surface area (Å²) in [5.74, 6) is 0.764. The van der Waals surface area contributed by atoms with Crippen LogP contribution in [0, 0.1) is 12.3 Å². The molecule has 0 aliphatic carbocycles. The molecule has 2 nitrogen and oxygen atoms in total. The lowest BCUT2D eigenvalue weighted by Gasteiger charge is -2.30. The number of piperidine rings is 1. The fraction of sp³-hybridized carbons (Fsp3) is 0.900. The smallest absolute Gasteiger partial charge is 0.0433 e. The Morgan fingerprint density at radius 3 is 2.58 bits per heavy atom. The Balaban J connectivity index is 2.09. The topological polar surface area (TPSA) is 23.5 Å². The van der Waals surface area contributed by atoms with Crippen molar-refractivity contribution in [3.63, 3.8) is 0 Å². The predicted molar refractivity (Wildman–Crippen MR) is 50.8 cm³/mol. The van der Waals surface area contributed by atoms with Crippen LogP contribution in [-0.4, -0.2) is 36.2 Å². The number of rotatable bonds is 4. The largest absolute Gasteiger partial charge is 0.396 e. The summed E-state index contributed by atoms with van der Waals surface area (Å²) in [4.78, 5) is 2.49. The first-order valence-corrected chi connectivity index (χ1v) is 5.03. The molecule has 71 valence electrons. The van der Waals surface area contributed by atoms with Crippen molar-refractivity contribution in [2.75, 3.05) is 26.2 Å². The highest BCUT2D eigenvalue weighted by Crippen LogP contribution is 2.20. The van der Waals surface area contributed by atoms with Gasteiger partial charge in [-0.2, -0.15) is 0 Å². The van der Waals surface area contributed by atoms with Crippen molar-refractivity contribution in [3.05, 3.63) is 6.42 Å². The maximum atomic E-state index is 8.65. The van der Waals surface area contributed by atoms with Crippen LogP contribution in [-0.2, 0) is 0 Å². The number of hydrogen-bond donors (Lipinski definition) is 1. The molecule has 0 spiro atoms. The number of likely N-dealkylation sites (tertiary alicyclic amines) is 1. The minimum Gasteiger partial charge on any atom is -0.396 e. The fourth-order valence-corrected chi connectivity index (χ4v) is 1.82. The average molecular weight is 170 g/mol. The summed E-state index contributed by atoms with van der Waals surface area (Å²) in [5, 5.41) is 8.65. The molecule has 0 bridgehead atoms. The highest BCUT2D eigenvalue weighted by molar-refractivity contribution is 4.81. The van der Waals surface area contributed by atoms with Gasteiger partial charge in [-0.15, -0.1) is 0 Å². The number of aliphatic hydroxyl groups excluding tert-OH is 1. The van der Waals surface area contributed by atoms with E-state index in [1.54, 1.807) is 0 Å². The van der Waals surface area contributed by atoms with Gasteiger partial charge in [0, 0.05) is 6.61 Å². The lowest BCUT2D eigenvalue weighted by molar-refractivity contribution is 0.200. The molecule has 1 heterocycles. The van der Waals surface area contributed by atoms with E-state index < -0.39 is 0 Å². The fourth-order valence-electron chi connectivity index (χ4n) is 1.82. The first kappa shape index (κ1) is 10.0. The molecule has 1 saturated heterocycles. The molecule has 1 N–H and O–H groups in total. The van der Waals surface area contributed by atoms with E-state index in [0.29, 0.717) is 6.61 Å². The van der Waals surface area contributed by atoms with Crippen LogP contribution in [0.5, 0.6) is 0 Å². The second-order valence-electron chi connectivity index (χ2n) is 3.52. The van der Waals surface area contributed by atoms with Crippen molar-refractivity contribution in [3.8, 4) is 0 Å². The standard InChI is InChI=1S/C10H20NO/c1-2-11-7-5-10(6-8-11)4-3-9-12/h4,10,12H,2-3,5-9H2,1H3. The van der Waals surface area contributed by atoms with Crippen molar-refractivity contribution >= 4 is 0 Å². The second kappa shape index (κ2) is 5.55. The number of aliphatic hydroxyl groups is 1. The van der Waals surface area contributed by atoms with Crippen LogP contribution in [0.25, 0.3) is 0 Å². The van der Waals surface area contributed by atoms with Crippen molar-refractivity contribution in [1.29, 1.82) is 0 Å². The molecule has 0 atom stereocenters. The van der Waals surface area contributed by atoms with Gasteiger partial charge in [0.25, 0.3) is 0 Å². The van der Waals surface area contributed by atoms with E-state index in [9.17, 15) is 0 Å². The van der Waals surface area contributed by atoms with Crippen molar-refractivity contribution in [2.45, 2.75) is 26.2 Å². The average Bonchev–Trinajstić information content (AvgIpc) is 2.15. The monoisotopic (exact) mass is 170 g/mol. The Bertz CT molecular complexity index is 108. The van der Waals surface area contributed by atoms with Crippen molar-refractivity contribution < 1.29 is 5.11 Å². The molecule has 2 heteroatoms. The van der Waals surface area contributed by atoms with Crippen molar-refractivity contribution in [1.82, 2.24) is 4.90 Å². The van der Waals surface area contributed by atoms with Gasteiger partial charge in [0.15, 0.2) is 0 Å². The van der Waals surface area contributed by atoms with Gasteiger partial charge in [-0.3, -0.25) is 0 Å². The van der Waals surface area contributed by atoms with E-state index in [1.807, 2.05) is 0 Å². The molecule has 0 unspecified atom stereocenters. The summed E-state index contributed by atoms with van der Waals surface area (Å²) in [6.07, 6.45) is 5.73. The third-order valence-electron chi connectivity index (χ3n) is 2.71. The quantitative estimate of drug-likeness (QED) is 0.687. The molecule has 0 aromatic carbocycles. The van der Waals surface area contributed by atoms with Crippen LogP contribution in [0.1, 0.15) is 26.2 Å². The first-order valence-electron chi connectivity index (χ1n) is 5.03. The van der Waals surface area contributed by atoms with Gasteiger partial charge in [0.1, 0.15) is 0 Å². The van der Waals surface area contributed by atoms with E-state index in [-0.39, 0.29) is 0 Å². The van der Waals surface area contributed by atoms with Gasteiger partial charge < -0.3 is 10.0 Å². The zero-order valence-corrected chi connectivity index (χ0v) is 8.00. The Kier molecular flexibility index (Phi) is 4.62. The summed E-state index contributed by atoms with van der Waals surface area (Å²) in [6.45, 7) is 6.20. The minimum atomic E-state index is 0.313. The molecule has 1 fully saturated rings. The molecule has 1 aliphatic rings. The van der Waals surface area contributed by atoms with Crippen LogP contribution in [0.2, 0.25) is 0 Å². The zero-order chi connectivity index (χ0) is 8.81. The Morgan fingerprint density at radius 1 is 1.42 bits per heavy atom. The maximum Gasteiger partial charge on any atom is 0.0433 e. The Labute approximate surface area is 75.6 Å². The van der Waals surface area contributed by atoms with Crippen LogP contribution in [0.4, 0.5) is 0 Å². The van der Waals surface area contributed by atoms with Gasteiger partial charge in [-0.25, -0.2) is 0 Å². The summed E-state index contributed by atoms with van der Waals surface area (Å²) in [7, 11) is 0. The van der Waals surface area contributed by atoms with E-state index in [2.05, 4.69) is 18.2 Å². The van der Waals surface area contributed by atoms with Crippen LogP contribution < -0.4 is 0 Å². The van der Waals surface area contributed by atoms with E-state index in [1.165, 1.54) is 32.5 Å². The molecule has 0 aromatic heterocycles. The summed E-state index contributed by atoms with van der Waals surface area (Å²) in [6, 6.07) is 0. The Hall–Kier alpha value is -0.0800. The molecular formula is C10H20NO. The minimum absolute atomic E-state index is 0.313. The summed E-state index contributed by atoms with van der Waals surface area (Å²) >= 11 is 0. The van der Waals surface area contributed by atoms with Gasteiger partial charge in [-0.05, 0) is 51.2 Å². The van der Waals surface area contributed by atoms with E-state index >= 15 is 0 Å². The number of hydrogen-bond acceptors (Lipinski definition) is 2. The third kappa shape index (κ3) is 3.11. The van der Waals surface area contributed by atoms with E-state index in [0.717, 1.165) is 12.3 Å². The summed E-state index contributed by atoms with van der Waals surface area (Å²) in [5.41, 5.74) is 0. The van der Waals surface area contributed by atoms with Gasteiger partial charge in [0.05, 0.1) is 0 Å². The molecule has 1 radical (unpaired) electrons. The first-order chi connectivity index (χ1) is 5.86. The second-order valence-corrected chi connectivity index (χ2v) is 3.52. The number of nitrogens with zero attached hydrogens (tertiary/aromatic N) is 1. The molecular weight excluding hydrogens is 150 g/mol. The highest BCUT2D eigenvalue weighted by Gasteiger charge is 2.17. The van der Waals surface area contributed by atoms with Crippen molar-refractivity contribution in [2.24, 2.45) is 5.92 Å². The predicted octanol–water partition coefficient (Wildman–Crippen LogP) is 1.30. The SMILES string of the molecule is CCN1CCC([CH]CCO)CC1. The molecule has 1 rings (SSSR count). The maximum absolute atomic E-state index is 8.65. The van der Waals surface area contributed by atoms with Gasteiger partial charge >= 0.3 is 0 Å². The van der Waals surface area contributed by atoms with Gasteiger partial charge in [0.2, 0.25) is 0 Å².